The Morgan fingerprint density at radius 3 is 2.67 bits per heavy atom. The second-order valence-electron chi connectivity index (χ2n) is 4.90. The van der Waals surface area contributed by atoms with Crippen molar-refractivity contribution < 1.29 is 0 Å². The van der Waals surface area contributed by atoms with Gasteiger partial charge in [0, 0.05) is 37.6 Å². The fourth-order valence-electron chi connectivity index (χ4n) is 2.07. The van der Waals surface area contributed by atoms with E-state index in [1.807, 2.05) is 19.1 Å². The van der Waals surface area contributed by atoms with Crippen LogP contribution >= 0.6 is 0 Å². The minimum atomic E-state index is 0.430. The van der Waals surface area contributed by atoms with E-state index in [1.165, 1.54) is 5.69 Å². The number of hydrazine groups is 1. The van der Waals surface area contributed by atoms with Gasteiger partial charge < -0.3 is 10.2 Å². The second-order valence-corrected chi connectivity index (χ2v) is 4.90. The van der Waals surface area contributed by atoms with Crippen LogP contribution in [0.1, 0.15) is 12.1 Å². The topological polar surface area (TPSA) is 79.1 Å². The fraction of sp³-hybridized carbons (Fsp3) is 0.333. The highest BCUT2D eigenvalue weighted by Crippen LogP contribution is 2.12. The predicted octanol–water partition coefficient (Wildman–Crippen LogP) is 2.01. The average molecular weight is 286 g/mol. The highest BCUT2D eigenvalue weighted by atomic mass is 15.3. The molecule has 1 aromatic heterocycles. The van der Waals surface area contributed by atoms with E-state index < -0.39 is 0 Å². The van der Waals surface area contributed by atoms with Crippen LogP contribution in [0.2, 0.25) is 0 Å². The van der Waals surface area contributed by atoms with Gasteiger partial charge in [-0.2, -0.15) is 4.98 Å². The van der Waals surface area contributed by atoms with E-state index in [4.69, 9.17) is 5.84 Å². The third-order valence-electron chi connectivity index (χ3n) is 3.16. The average Bonchev–Trinajstić information content (AvgIpc) is 2.51. The maximum absolute atomic E-state index is 5.34. The van der Waals surface area contributed by atoms with Crippen molar-refractivity contribution in [2.75, 3.05) is 35.8 Å². The quantitative estimate of drug-likeness (QED) is 0.410. The molecule has 1 heterocycles. The van der Waals surface area contributed by atoms with Crippen molar-refractivity contribution in [2.24, 2.45) is 5.84 Å². The summed E-state index contributed by atoms with van der Waals surface area (Å²) in [5.74, 6) is 6.56. The maximum atomic E-state index is 5.34. The summed E-state index contributed by atoms with van der Waals surface area (Å²) >= 11 is 0. The largest absolute Gasteiger partial charge is 0.375 e. The Hall–Kier alpha value is -2.34. The van der Waals surface area contributed by atoms with Gasteiger partial charge in [-0.1, -0.05) is 18.2 Å². The summed E-state index contributed by atoms with van der Waals surface area (Å²) in [6.45, 7) is 3.73. The van der Waals surface area contributed by atoms with Crippen molar-refractivity contribution in [1.29, 1.82) is 0 Å². The molecular weight excluding hydrogens is 264 g/mol. The van der Waals surface area contributed by atoms with Crippen LogP contribution in [-0.4, -0.2) is 30.1 Å². The fourth-order valence-corrected chi connectivity index (χ4v) is 2.07. The van der Waals surface area contributed by atoms with Crippen LogP contribution in [0.25, 0.3) is 0 Å². The highest BCUT2D eigenvalue weighted by Gasteiger charge is 2.02. The zero-order valence-electron chi connectivity index (χ0n) is 12.5. The Labute approximate surface area is 125 Å². The van der Waals surface area contributed by atoms with Gasteiger partial charge in [0.15, 0.2) is 0 Å². The first-order chi connectivity index (χ1) is 10.2. The Bertz CT molecular complexity index is 557. The van der Waals surface area contributed by atoms with Gasteiger partial charge in [0.2, 0.25) is 5.95 Å². The number of aromatic nitrogens is 2. The van der Waals surface area contributed by atoms with E-state index in [2.05, 4.69) is 56.9 Å². The molecule has 2 aromatic rings. The maximum Gasteiger partial charge on any atom is 0.239 e. The van der Waals surface area contributed by atoms with E-state index in [1.54, 1.807) is 0 Å². The van der Waals surface area contributed by atoms with E-state index in [0.717, 1.165) is 31.0 Å². The first-order valence-corrected chi connectivity index (χ1v) is 7.01. The van der Waals surface area contributed by atoms with E-state index >= 15 is 0 Å². The van der Waals surface area contributed by atoms with Gasteiger partial charge in [-0.3, -0.25) is 5.43 Å². The molecular formula is C15H22N6. The lowest BCUT2D eigenvalue weighted by Crippen LogP contribution is -2.21. The van der Waals surface area contributed by atoms with E-state index in [0.29, 0.717) is 5.95 Å². The Morgan fingerprint density at radius 2 is 1.95 bits per heavy atom. The summed E-state index contributed by atoms with van der Waals surface area (Å²) in [6.07, 6.45) is 1.01. The molecule has 0 aliphatic carbocycles. The molecule has 0 spiro atoms. The highest BCUT2D eigenvalue weighted by molar-refractivity contribution is 5.45. The number of anilines is 3. The number of nitrogen functional groups attached to an aromatic ring is 1. The lowest BCUT2D eigenvalue weighted by molar-refractivity contribution is 0.813. The minimum Gasteiger partial charge on any atom is -0.375 e. The molecule has 21 heavy (non-hydrogen) atoms. The molecule has 2 rings (SSSR count). The Kier molecular flexibility index (Phi) is 5.34. The van der Waals surface area contributed by atoms with Crippen LogP contribution < -0.4 is 21.5 Å². The molecule has 0 saturated heterocycles. The molecule has 0 amide bonds. The summed E-state index contributed by atoms with van der Waals surface area (Å²) in [5.41, 5.74) is 4.57. The normalized spacial score (nSPS) is 10.2. The van der Waals surface area contributed by atoms with E-state index in [9.17, 15) is 0 Å². The molecule has 0 aliphatic rings. The number of nitrogens with two attached hydrogens (primary N) is 1. The molecule has 0 saturated carbocycles. The van der Waals surface area contributed by atoms with Crippen molar-refractivity contribution in [2.45, 2.75) is 13.3 Å². The second kappa shape index (κ2) is 7.44. The van der Waals surface area contributed by atoms with E-state index in [-0.39, 0.29) is 0 Å². The number of benzene rings is 1. The lowest BCUT2D eigenvalue weighted by atomic mass is 10.3. The van der Waals surface area contributed by atoms with Gasteiger partial charge in [0.25, 0.3) is 0 Å². The van der Waals surface area contributed by atoms with Crippen LogP contribution in [-0.2, 0) is 0 Å². The molecule has 0 bridgehead atoms. The predicted molar refractivity (Wildman–Crippen MR) is 87.4 cm³/mol. The number of para-hydroxylation sites is 1. The minimum absolute atomic E-state index is 0.430. The summed E-state index contributed by atoms with van der Waals surface area (Å²) in [6, 6.07) is 12.3. The van der Waals surface area contributed by atoms with Gasteiger partial charge in [0.05, 0.1) is 0 Å². The molecule has 4 N–H and O–H groups in total. The van der Waals surface area contributed by atoms with Crippen molar-refractivity contribution in [3.05, 3.63) is 42.1 Å². The summed E-state index contributed by atoms with van der Waals surface area (Å²) in [4.78, 5) is 10.6. The van der Waals surface area contributed by atoms with Gasteiger partial charge >= 0.3 is 0 Å². The van der Waals surface area contributed by atoms with Crippen LogP contribution in [0.4, 0.5) is 17.5 Å². The number of nitrogens with zero attached hydrogens (tertiary/aromatic N) is 3. The molecule has 6 nitrogen and oxygen atoms in total. The van der Waals surface area contributed by atoms with Crippen LogP contribution in [0.3, 0.4) is 0 Å². The summed E-state index contributed by atoms with van der Waals surface area (Å²) in [7, 11) is 2.10. The van der Waals surface area contributed by atoms with Gasteiger partial charge in [0.1, 0.15) is 5.82 Å². The number of rotatable bonds is 7. The molecule has 6 heteroatoms. The van der Waals surface area contributed by atoms with Crippen LogP contribution in [0.15, 0.2) is 36.4 Å². The Balaban J connectivity index is 1.78. The number of hydrogen-bond acceptors (Lipinski definition) is 6. The van der Waals surface area contributed by atoms with Crippen molar-refractivity contribution >= 4 is 17.5 Å². The number of aryl methyl sites for hydroxylation is 1. The third-order valence-corrected chi connectivity index (χ3v) is 3.16. The third kappa shape index (κ3) is 4.61. The molecule has 0 radical (unpaired) electrons. The summed E-state index contributed by atoms with van der Waals surface area (Å²) in [5, 5.41) is 3.29. The number of hydrogen-bond donors (Lipinski definition) is 3. The molecule has 0 atom stereocenters. The zero-order chi connectivity index (χ0) is 15.1. The molecule has 1 aromatic carbocycles. The van der Waals surface area contributed by atoms with Crippen LogP contribution in [0.5, 0.6) is 0 Å². The first kappa shape index (κ1) is 15.1. The van der Waals surface area contributed by atoms with Gasteiger partial charge in [-0.15, -0.1) is 0 Å². The monoisotopic (exact) mass is 286 g/mol. The Morgan fingerprint density at radius 1 is 1.19 bits per heavy atom. The van der Waals surface area contributed by atoms with Crippen molar-refractivity contribution in [1.82, 2.24) is 9.97 Å². The smallest absolute Gasteiger partial charge is 0.239 e. The number of nitrogens with one attached hydrogen (secondary N) is 2. The van der Waals surface area contributed by atoms with Crippen molar-refractivity contribution in [3.8, 4) is 0 Å². The van der Waals surface area contributed by atoms with Gasteiger partial charge in [-0.25, -0.2) is 10.8 Å². The molecule has 112 valence electrons. The SMILES string of the molecule is Cc1cc(NCCCN(C)c2ccccc2)nc(NN)n1. The first-order valence-electron chi connectivity index (χ1n) is 7.01. The molecule has 0 unspecified atom stereocenters. The van der Waals surface area contributed by atoms with Crippen molar-refractivity contribution in [3.63, 3.8) is 0 Å². The molecule has 0 fully saturated rings. The summed E-state index contributed by atoms with van der Waals surface area (Å²) < 4.78 is 0. The molecule has 0 aliphatic heterocycles. The van der Waals surface area contributed by atoms with Gasteiger partial charge in [-0.05, 0) is 25.5 Å². The zero-order valence-corrected chi connectivity index (χ0v) is 12.5. The standard InChI is InChI=1S/C15H22N6/c1-12-11-14(19-15(18-12)20-16)17-9-6-10-21(2)13-7-4-3-5-8-13/h3-5,7-8,11H,6,9-10,16H2,1-2H3,(H2,17,18,19,20). The lowest BCUT2D eigenvalue weighted by Gasteiger charge is -2.19. The van der Waals surface area contributed by atoms with Crippen LogP contribution in [0, 0.1) is 6.92 Å².